The Morgan fingerprint density at radius 1 is 1.71 bits per heavy atom. The van der Waals surface area contributed by atoms with Crippen LogP contribution in [0.25, 0.3) is 0 Å². The zero-order valence-electron chi connectivity index (χ0n) is 8.63. The van der Waals surface area contributed by atoms with Crippen molar-refractivity contribution in [3.05, 3.63) is 29.1 Å². The lowest BCUT2D eigenvalue weighted by Gasteiger charge is -2.04. The highest BCUT2D eigenvalue weighted by molar-refractivity contribution is 6.25. The van der Waals surface area contributed by atoms with Crippen molar-refractivity contribution in [1.29, 1.82) is 0 Å². The van der Waals surface area contributed by atoms with Gasteiger partial charge >= 0.3 is 0 Å². The summed E-state index contributed by atoms with van der Waals surface area (Å²) in [7, 11) is 0. The van der Waals surface area contributed by atoms with E-state index < -0.39 is 0 Å². The maximum Gasteiger partial charge on any atom is 0.0534 e. The van der Waals surface area contributed by atoms with Crippen molar-refractivity contribution in [1.82, 2.24) is 15.1 Å². The second kappa shape index (κ2) is 5.83. The molecule has 0 saturated carbocycles. The second-order valence-electron chi connectivity index (χ2n) is 3.41. The lowest BCUT2D eigenvalue weighted by Crippen LogP contribution is -2.21. The summed E-state index contributed by atoms with van der Waals surface area (Å²) in [6.45, 7) is 6.67. The van der Waals surface area contributed by atoms with Gasteiger partial charge in [-0.1, -0.05) is 11.6 Å². The second-order valence-corrected chi connectivity index (χ2v) is 3.63. The van der Waals surface area contributed by atoms with E-state index in [0.717, 1.165) is 25.2 Å². The Balaban J connectivity index is 2.16. The summed E-state index contributed by atoms with van der Waals surface area (Å²) in [6.07, 6.45) is 3.90. The minimum Gasteiger partial charge on any atom is -0.311 e. The predicted molar refractivity (Wildman–Crippen MR) is 59.4 cm³/mol. The first kappa shape index (κ1) is 11.3. The van der Waals surface area contributed by atoms with E-state index in [1.807, 2.05) is 30.9 Å². The van der Waals surface area contributed by atoms with E-state index in [-0.39, 0.29) is 0 Å². The van der Waals surface area contributed by atoms with E-state index in [0.29, 0.717) is 0 Å². The van der Waals surface area contributed by atoms with Gasteiger partial charge in [0.15, 0.2) is 0 Å². The Morgan fingerprint density at radius 3 is 3.07 bits per heavy atom. The third-order valence-corrected chi connectivity index (χ3v) is 2.24. The highest BCUT2D eigenvalue weighted by atomic mass is 35.5. The van der Waals surface area contributed by atoms with Crippen molar-refractivity contribution < 1.29 is 0 Å². The van der Waals surface area contributed by atoms with Crippen LogP contribution in [-0.4, -0.2) is 22.9 Å². The molecule has 0 aliphatic carbocycles. The average molecular weight is 214 g/mol. The van der Waals surface area contributed by atoms with Gasteiger partial charge in [-0.3, -0.25) is 4.68 Å². The molecule has 0 spiro atoms. The van der Waals surface area contributed by atoms with Crippen molar-refractivity contribution in [2.24, 2.45) is 0 Å². The van der Waals surface area contributed by atoms with E-state index in [4.69, 9.17) is 11.6 Å². The van der Waals surface area contributed by atoms with Crippen LogP contribution in [-0.2, 0) is 6.54 Å². The molecule has 0 unspecified atom stereocenters. The predicted octanol–water partition coefficient (Wildman–Crippen LogP) is 1.92. The Labute approximate surface area is 89.8 Å². The highest BCUT2D eigenvalue weighted by Crippen LogP contribution is 1.94. The molecule has 3 nitrogen and oxygen atoms in total. The summed E-state index contributed by atoms with van der Waals surface area (Å²) in [4.78, 5) is 0. The molecule has 0 aliphatic rings. The highest BCUT2D eigenvalue weighted by Gasteiger charge is 1.93. The number of rotatable bonds is 5. The lowest BCUT2D eigenvalue weighted by molar-refractivity contribution is 0.569. The zero-order valence-corrected chi connectivity index (χ0v) is 9.38. The molecule has 14 heavy (non-hydrogen) atoms. The molecule has 0 saturated heterocycles. The van der Waals surface area contributed by atoms with Crippen LogP contribution in [0.3, 0.4) is 0 Å². The van der Waals surface area contributed by atoms with Gasteiger partial charge in [0.25, 0.3) is 0 Å². The number of halogens is 1. The van der Waals surface area contributed by atoms with Crippen LogP contribution in [0.5, 0.6) is 0 Å². The van der Waals surface area contributed by atoms with Gasteiger partial charge in [-0.2, -0.15) is 5.10 Å². The summed E-state index contributed by atoms with van der Waals surface area (Å²) in [6, 6.07) is 0. The molecule has 0 fully saturated rings. The molecule has 4 heteroatoms. The van der Waals surface area contributed by atoms with Gasteiger partial charge < -0.3 is 5.32 Å². The standard InChI is InChI=1S/C10H16ClN3/c1-9(5-11)6-12-3-4-14-8-10(2)7-13-14/h5,7-8,12H,3-4,6H2,1-2H3/b9-5-. The lowest BCUT2D eigenvalue weighted by atomic mass is 10.3. The van der Waals surface area contributed by atoms with Crippen molar-refractivity contribution >= 4 is 11.6 Å². The minimum absolute atomic E-state index is 0.837. The third-order valence-electron chi connectivity index (χ3n) is 1.87. The summed E-state index contributed by atoms with van der Waals surface area (Å²) in [5.41, 5.74) is 3.94. The molecule has 1 aromatic rings. The number of nitrogens with one attached hydrogen (secondary N) is 1. The van der Waals surface area contributed by atoms with Gasteiger partial charge in [0, 0.05) is 24.8 Å². The fourth-order valence-corrected chi connectivity index (χ4v) is 1.18. The van der Waals surface area contributed by atoms with E-state index >= 15 is 0 Å². The fourth-order valence-electron chi connectivity index (χ4n) is 1.11. The molecule has 78 valence electrons. The van der Waals surface area contributed by atoms with E-state index in [9.17, 15) is 0 Å². The SMILES string of the molecule is C/C(=C/Cl)CNCCn1cc(C)cn1. The molecule has 0 aromatic carbocycles. The number of aromatic nitrogens is 2. The van der Waals surface area contributed by atoms with Crippen molar-refractivity contribution in [3.8, 4) is 0 Å². The van der Waals surface area contributed by atoms with Crippen LogP contribution >= 0.6 is 11.6 Å². The van der Waals surface area contributed by atoms with Crippen LogP contribution in [0.15, 0.2) is 23.5 Å². The number of hydrogen-bond acceptors (Lipinski definition) is 2. The first-order chi connectivity index (χ1) is 6.72. The molecular formula is C10H16ClN3. The van der Waals surface area contributed by atoms with Crippen LogP contribution in [0, 0.1) is 6.92 Å². The van der Waals surface area contributed by atoms with Gasteiger partial charge in [0.05, 0.1) is 12.7 Å². The molecule has 0 amide bonds. The van der Waals surface area contributed by atoms with Crippen LogP contribution < -0.4 is 5.32 Å². The quantitative estimate of drug-likeness (QED) is 0.758. The number of hydrogen-bond donors (Lipinski definition) is 1. The average Bonchev–Trinajstić information content (AvgIpc) is 2.58. The Hall–Kier alpha value is -0.800. The molecule has 0 aliphatic heterocycles. The normalized spacial score (nSPS) is 12.1. The monoisotopic (exact) mass is 213 g/mol. The van der Waals surface area contributed by atoms with Gasteiger partial charge in [-0.25, -0.2) is 0 Å². The fraction of sp³-hybridized carbons (Fsp3) is 0.500. The smallest absolute Gasteiger partial charge is 0.0534 e. The van der Waals surface area contributed by atoms with Crippen LogP contribution in [0.2, 0.25) is 0 Å². The maximum atomic E-state index is 5.53. The number of aryl methyl sites for hydroxylation is 1. The third kappa shape index (κ3) is 3.94. The minimum atomic E-state index is 0.837. The molecule has 1 rings (SSSR count). The van der Waals surface area contributed by atoms with Gasteiger partial charge in [0.2, 0.25) is 0 Å². The molecule has 0 bridgehead atoms. The van der Waals surface area contributed by atoms with E-state index in [1.54, 1.807) is 5.54 Å². The van der Waals surface area contributed by atoms with Crippen molar-refractivity contribution in [3.63, 3.8) is 0 Å². The Kier molecular flexibility index (Phi) is 4.70. The largest absolute Gasteiger partial charge is 0.311 e. The Morgan fingerprint density at radius 2 is 2.50 bits per heavy atom. The number of nitrogens with zero attached hydrogens (tertiary/aromatic N) is 2. The van der Waals surface area contributed by atoms with E-state index in [1.165, 1.54) is 5.56 Å². The van der Waals surface area contributed by atoms with Crippen molar-refractivity contribution in [2.75, 3.05) is 13.1 Å². The molecule has 0 atom stereocenters. The molecular weight excluding hydrogens is 198 g/mol. The molecule has 1 heterocycles. The topological polar surface area (TPSA) is 29.9 Å². The first-order valence-electron chi connectivity index (χ1n) is 4.68. The van der Waals surface area contributed by atoms with Crippen LogP contribution in [0.1, 0.15) is 12.5 Å². The molecule has 1 N–H and O–H groups in total. The Bertz CT molecular complexity index is 304. The van der Waals surface area contributed by atoms with Crippen molar-refractivity contribution in [2.45, 2.75) is 20.4 Å². The summed E-state index contributed by atoms with van der Waals surface area (Å²) in [5.74, 6) is 0. The van der Waals surface area contributed by atoms with Gasteiger partial charge in [0.1, 0.15) is 0 Å². The first-order valence-corrected chi connectivity index (χ1v) is 5.11. The molecule has 0 radical (unpaired) electrons. The summed E-state index contributed by atoms with van der Waals surface area (Å²) < 4.78 is 1.93. The zero-order chi connectivity index (χ0) is 10.4. The van der Waals surface area contributed by atoms with Gasteiger partial charge in [-0.05, 0) is 25.0 Å². The van der Waals surface area contributed by atoms with Gasteiger partial charge in [-0.15, -0.1) is 0 Å². The molecule has 1 aromatic heterocycles. The summed E-state index contributed by atoms with van der Waals surface area (Å²) in [5, 5.41) is 7.47. The van der Waals surface area contributed by atoms with E-state index in [2.05, 4.69) is 10.4 Å². The van der Waals surface area contributed by atoms with Crippen LogP contribution in [0.4, 0.5) is 0 Å². The summed E-state index contributed by atoms with van der Waals surface area (Å²) >= 11 is 5.53. The maximum absolute atomic E-state index is 5.53.